The number of hydrogen-bond donors (Lipinski definition) is 1. The smallest absolute Gasteiger partial charge is 0.308 e. The Hall–Kier alpha value is -2.86. The molecule has 0 spiro atoms. The lowest BCUT2D eigenvalue weighted by Gasteiger charge is -2.07. The van der Waals surface area contributed by atoms with Crippen LogP contribution in [0.1, 0.15) is 20.9 Å². The number of rotatable bonds is 5. The van der Waals surface area contributed by atoms with Crippen LogP contribution in [0.3, 0.4) is 0 Å². The number of benzene rings is 2. The Morgan fingerprint density at radius 3 is 2.44 bits per heavy atom. The van der Waals surface area contributed by atoms with Crippen LogP contribution in [0.15, 0.2) is 59.4 Å². The van der Waals surface area contributed by atoms with Crippen LogP contribution in [-0.4, -0.2) is 17.6 Å². The van der Waals surface area contributed by atoms with Gasteiger partial charge in [0.05, 0.1) is 13.7 Å². The van der Waals surface area contributed by atoms with Crippen molar-refractivity contribution in [1.29, 1.82) is 0 Å². The molecule has 1 N–H and O–H groups in total. The Kier molecular flexibility index (Phi) is 5.00. The van der Waals surface area contributed by atoms with Gasteiger partial charge in [-0.25, -0.2) is 0 Å². The van der Waals surface area contributed by atoms with Gasteiger partial charge in [-0.05, 0) is 36.8 Å². The number of carbonyl (C=O) groups is 1. The van der Waals surface area contributed by atoms with Gasteiger partial charge in [-0.1, -0.05) is 41.7 Å². The van der Waals surface area contributed by atoms with E-state index in [2.05, 4.69) is 5.32 Å². The Labute approximate surface area is 149 Å². The molecule has 3 rings (SSSR count). The van der Waals surface area contributed by atoms with Crippen LogP contribution in [0.2, 0.25) is 0 Å². The lowest BCUT2D eigenvalue weighted by molar-refractivity contribution is 0.102. The topological polar surface area (TPSA) is 60.3 Å². The van der Waals surface area contributed by atoms with E-state index in [1.165, 1.54) is 0 Å². The summed E-state index contributed by atoms with van der Waals surface area (Å²) < 4.78 is 6.73. The highest BCUT2D eigenvalue weighted by atomic mass is 32.1. The number of methoxy groups -OCH3 is 1. The molecule has 0 aliphatic carbocycles. The summed E-state index contributed by atoms with van der Waals surface area (Å²) in [4.78, 5) is 25.1. The zero-order valence-electron chi connectivity index (χ0n) is 14.0. The van der Waals surface area contributed by atoms with E-state index in [4.69, 9.17) is 4.74 Å². The van der Waals surface area contributed by atoms with Crippen molar-refractivity contribution < 1.29 is 9.53 Å². The van der Waals surface area contributed by atoms with Gasteiger partial charge in [0.2, 0.25) is 0 Å². The number of nitrogens with one attached hydrogen (secondary N) is 1. The third-order valence-corrected chi connectivity index (χ3v) is 4.96. The van der Waals surface area contributed by atoms with E-state index in [9.17, 15) is 9.59 Å². The molecule has 5 nitrogen and oxygen atoms in total. The van der Waals surface area contributed by atoms with Crippen LogP contribution in [0, 0.1) is 6.92 Å². The van der Waals surface area contributed by atoms with Crippen LogP contribution in [0.4, 0.5) is 5.69 Å². The average molecular weight is 354 g/mol. The summed E-state index contributed by atoms with van der Waals surface area (Å²) in [5.41, 5.74) is 2.35. The number of nitrogens with zero attached hydrogens (tertiary/aromatic N) is 1. The first-order chi connectivity index (χ1) is 12.1. The fraction of sp³-hybridized carbons (Fsp3) is 0.158. The lowest BCUT2D eigenvalue weighted by atomic mass is 10.2. The molecule has 6 heteroatoms. The van der Waals surface area contributed by atoms with Gasteiger partial charge >= 0.3 is 4.87 Å². The van der Waals surface area contributed by atoms with Crippen molar-refractivity contribution in [3.05, 3.63) is 80.4 Å². The molecule has 1 amide bonds. The van der Waals surface area contributed by atoms with Gasteiger partial charge < -0.3 is 10.1 Å². The minimum Gasteiger partial charge on any atom is -0.497 e. The SMILES string of the molecule is COc1ccc(NC(=O)c2sc(=O)n(Cc3ccccc3)c2C)cc1. The van der Waals surface area contributed by atoms with Gasteiger partial charge in [-0.2, -0.15) is 0 Å². The van der Waals surface area contributed by atoms with E-state index in [0.717, 1.165) is 16.9 Å². The van der Waals surface area contributed by atoms with Crippen molar-refractivity contribution in [1.82, 2.24) is 4.57 Å². The molecule has 3 aromatic rings. The molecule has 0 saturated carbocycles. The Balaban J connectivity index is 1.81. The Morgan fingerprint density at radius 2 is 1.80 bits per heavy atom. The summed E-state index contributed by atoms with van der Waals surface area (Å²) in [6, 6.07) is 16.8. The van der Waals surface area contributed by atoms with Crippen LogP contribution in [0.5, 0.6) is 5.75 Å². The summed E-state index contributed by atoms with van der Waals surface area (Å²) in [6.07, 6.45) is 0. The van der Waals surface area contributed by atoms with Crippen LogP contribution >= 0.6 is 11.3 Å². The lowest BCUT2D eigenvalue weighted by Crippen LogP contribution is -2.16. The summed E-state index contributed by atoms with van der Waals surface area (Å²) in [5, 5.41) is 2.82. The fourth-order valence-corrected chi connectivity index (χ4v) is 3.39. The molecule has 0 unspecified atom stereocenters. The molecule has 0 radical (unpaired) electrons. The normalized spacial score (nSPS) is 10.5. The molecule has 128 valence electrons. The van der Waals surface area contributed by atoms with E-state index >= 15 is 0 Å². The average Bonchev–Trinajstić information content (AvgIpc) is 2.91. The molecule has 1 aromatic heterocycles. The molecule has 0 saturated heterocycles. The number of ether oxygens (including phenoxy) is 1. The van der Waals surface area contributed by atoms with Crippen molar-refractivity contribution in [2.24, 2.45) is 0 Å². The maximum absolute atomic E-state index is 12.5. The maximum Gasteiger partial charge on any atom is 0.308 e. The highest BCUT2D eigenvalue weighted by Crippen LogP contribution is 2.19. The number of aromatic nitrogens is 1. The predicted octanol–water partition coefficient (Wildman–Crippen LogP) is 3.53. The third kappa shape index (κ3) is 3.80. The maximum atomic E-state index is 12.5. The molecule has 0 atom stereocenters. The number of amides is 1. The standard InChI is InChI=1S/C19H18N2O3S/c1-13-17(18(22)20-15-8-10-16(24-2)11-9-15)25-19(23)21(13)12-14-6-4-3-5-7-14/h3-11H,12H2,1-2H3,(H,20,22). The first kappa shape index (κ1) is 17.0. The van der Waals surface area contributed by atoms with Crippen LogP contribution < -0.4 is 14.9 Å². The zero-order chi connectivity index (χ0) is 17.8. The van der Waals surface area contributed by atoms with Crippen LogP contribution in [0.25, 0.3) is 0 Å². The number of thiazole rings is 1. The molecule has 0 bridgehead atoms. The van der Waals surface area contributed by atoms with E-state index < -0.39 is 0 Å². The quantitative estimate of drug-likeness (QED) is 0.762. The van der Waals surface area contributed by atoms with E-state index in [1.807, 2.05) is 30.3 Å². The predicted molar refractivity (Wildman–Crippen MR) is 99.8 cm³/mol. The zero-order valence-corrected chi connectivity index (χ0v) is 14.8. The molecule has 25 heavy (non-hydrogen) atoms. The molecule has 0 fully saturated rings. The van der Waals surface area contributed by atoms with Gasteiger partial charge in [-0.3, -0.25) is 14.2 Å². The van der Waals surface area contributed by atoms with Crippen molar-refractivity contribution in [2.75, 3.05) is 12.4 Å². The minimum absolute atomic E-state index is 0.138. The van der Waals surface area contributed by atoms with Crippen molar-refractivity contribution >= 4 is 22.9 Å². The molecule has 1 heterocycles. The number of carbonyl (C=O) groups excluding carboxylic acids is 1. The largest absolute Gasteiger partial charge is 0.497 e. The highest BCUT2D eigenvalue weighted by molar-refractivity contribution is 7.11. The van der Waals surface area contributed by atoms with Crippen molar-refractivity contribution in [3.63, 3.8) is 0 Å². The van der Waals surface area contributed by atoms with E-state index in [-0.39, 0.29) is 10.8 Å². The molecular formula is C19H18N2O3S. The Morgan fingerprint density at radius 1 is 1.12 bits per heavy atom. The second-order valence-corrected chi connectivity index (χ2v) is 6.50. The number of hydrogen-bond acceptors (Lipinski definition) is 4. The van der Waals surface area contributed by atoms with Gasteiger partial charge in [-0.15, -0.1) is 0 Å². The first-order valence-electron chi connectivity index (χ1n) is 7.78. The van der Waals surface area contributed by atoms with Crippen molar-refractivity contribution in [2.45, 2.75) is 13.5 Å². The fourth-order valence-electron chi connectivity index (χ4n) is 2.50. The monoisotopic (exact) mass is 354 g/mol. The number of anilines is 1. The van der Waals surface area contributed by atoms with Crippen LogP contribution in [-0.2, 0) is 6.54 Å². The summed E-state index contributed by atoms with van der Waals surface area (Å²) in [6.45, 7) is 2.25. The van der Waals surface area contributed by atoms with E-state index in [0.29, 0.717) is 28.6 Å². The molecule has 0 aliphatic rings. The third-order valence-electron chi connectivity index (χ3n) is 3.88. The second kappa shape index (κ2) is 7.36. The van der Waals surface area contributed by atoms with E-state index in [1.54, 1.807) is 42.9 Å². The van der Waals surface area contributed by atoms with Gasteiger partial charge in [0.15, 0.2) is 0 Å². The summed E-state index contributed by atoms with van der Waals surface area (Å²) >= 11 is 0.966. The molecule has 0 aliphatic heterocycles. The minimum atomic E-state index is -0.281. The van der Waals surface area contributed by atoms with Gasteiger partial charge in [0.1, 0.15) is 10.6 Å². The highest BCUT2D eigenvalue weighted by Gasteiger charge is 2.18. The molecule has 2 aromatic carbocycles. The Bertz CT molecular complexity index is 928. The van der Waals surface area contributed by atoms with Crippen molar-refractivity contribution in [3.8, 4) is 5.75 Å². The second-order valence-electron chi connectivity index (χ2n) is 5.54. The summed E-state index contributed by atoms with van der Waals surface area (Å²) in [7, 11) is 1.59. The molecular weight excluding hydrogens is 336 g/mol. The van der Waals surface area contributed by atoms with Gasteiger partial charge in [0.25, 0.3) is 5.91 Å². The first-order valence-corrected chi connectivity index (χ1v) is 8.59. The van der Waals surface area contributed by atoms with Gasteiger partial charge in [0, 0.05) is 11.4 Å². The summed E-state index contributed by atoms with van der Waals surface area (Å²) in [5.74, 6) is 0.435.